The van der Waals surface area contributed by atoms with Crippen molar-refractivity contribution in [3.63, 3.8) is 0 Å². The summed E-state index contributed by atoms with van der Waals surface area (Å²) in [6.45, 7) is 5.01. The van der Waals surface area contributed by atoms with E-state index in [0.29, 0.717) is 6.61 Å². The van der Waals surface area contributed by atoms with Crippen LogP contribution in [0.3, 0.4) is 0 Å². The summed E-state index contributed by atoms with van der Waals surface area (Å²) >= 11 is 0. The molecule has 2 amide bonds. The van der Waals surface area contributed by atoms with Gasteiger partial charge in [0.05, 0.1) is 6.61 Å². The minimum Gasteiger partial charge on any atom is -0.380 e. The molecule has 5 heteroatoms. The lowest BCUT2D eigenvalue weighted by Crippen LogP contribution is -2.51. The van der Waals surface area contributed by atoms with E-state index in [0.717, 1.165) is 45.1 Å². The molecule has 3 saturated heterocycles. The Hall–Kier alpha value is -1.80. The first-order valence-corrected chi connectivity index (χ1v) is 8.52. The van der Waals surface area contributed by atoms with E-state index in [4.69, 9.17) is 4.74 Å². The van der Waals surface area contributed by atoms with Crippen molar-refractivity contribution < 1.29 is 14.3 Å². The first kappa shape index (κ1) is 16.1. The first-order chi connectivity index (χ1) is 11.2. The monoisotopic (exact) mass is 316 g/mol. The van der Waals surface area contributed by atoms with Gasteiger partial charge in [-0.3, -0.25) is 9.59 Å². The van der Waals surface area contributed by atoms with E-state index in [2.05, 4.69) is 23.7 Å². The van der Waals surface area contributed by atoms with Crippen molar-refractivity contribution in [2.75, 3.05) is 13.2 Å². The summed E-state index contributed by atoms with van der Waals surface area (Å²) in [6, 6.07) is 0.569. The van der Waals surface area contributed by atoms with Gasteiger partial charge in [0.15, 0.2) is 0 Å². The molecule has 0 radical (unpaired) electrons. The van der Waals surface area contributed by atoms with Gasteiger partial charge in [-0.15, -0.1) is 0 Å². The Bertz CT molecular complexity index is 528. The highest BCUT2D eigenvalue weighted by Gasteiger charge is 2.42. The van der Waals surface area contributed by atoms with Gasteiger partial charge < -0.3 is 15.0 Å². The molecular weight excluding hydrogens is 292 g/mol. The molecule has 3 atom stereocenters. The van der Waals surface area contributed by atoms with Crippen LogP contribution in [0.5, 0.6) is 0 Å². The SMILES string of the molecule is C=CC(=O)N1C2CCC1CC(NC(=O)C#CC1CCCOC1)C2. The van der Waals surface area contributed by atoms with E-state index in [-0.39, 0.29) is 35.9 Å². The normalized spacial score (nSPS) is 32.6. The number of ether oxygens (including phenoxy) is 1. The van der Waals surface area contributed by atoms with Gasteiger partial charge in [0.2, 0.25) is 5.91 Å². The highest BCUT2D eigenvalue weighted by Crippen LogP contribution is 2.35. The van der Waals surface area contributed by atoms with Crippen LogP contribution in [0.25, 0.3) is 0 Å². The molecule has 3 unspecified atom stereocenters. The molecule has 2 bridgehead atoms. The van der Waals surface area contributed by atoms with E-state index in [9.17, 15) is 9.59 Å². The molecule has 0 aromatic heterocycles. The highest BCUT2D eigenvalue weighted by molar-refractivity contribution is 5.93. The summed E-state index contributed by atoms with van der Waals surface area (Å²) in [5.41, 5.74) is 0. The highest BCUT2D eigenvalue weighted by atomic mass is 16.5. The Morgan fingerprint density at radius 1 is 1.22 bits per heavy atom. The summed E-state index contributed by atoms with van der Waals surface area (Å²) in [4.78, 5) is 25.9. The van der Waals surface area contributed by atoms with Gasteiger partial charge in [-0.05, 0) is 50.5 Å². The first-order valence-electron chi connectivity index (χ1n) is 8.52. The fourth-order valence-corrected chi connectivity index (χ4v) is 4.00. The zero-order valence-corrected chi connectivity index (χ0v) is 13.4. The quantitative estimate of drug-likeness (QED) is 0.616. The van der Waals surface area contributed by atoms with Crippen LogP contribution in [0.15, 0.2) is 12.7 Å². The zero-order valence-electron chi connectivity index (χ0n) is 13.4. The number of hydrogen-bond donors (Lipinski definition) is 1. The fourth-order valence-electron chi connectivity index (χ4n) is 4.00. The third-order valence-corrected chi connectivity index (χ3v) is 5.05. The van der Waals surface area contributed by atoms with E-state index >= 15 is 0 Å². The lowest BCUT2D eigenvalue weighted by molar-refractivity contribution is -0.130. The average Bonchev–Trinajstić information content (AvgIpc) is 2.84. The van der Waals surface area contributed by atoms with E-state index in [1.807, 2.05) is 4.90 Å². The number of rotatable bonds is 2. The number of hydrogen-bond acceptors (Lipinski definition) is 3. The van der Waals surface area contributed by atoms with Crippen molar-refractivity contribution in [3.05, 3.63) is 12.7 Å². The maximum Gasteiger partial charge on any atom is 0.296 e. The third-order valence-electron chi connectivity index (χ3n) is 5.05. The number of nitrogens with zero attached hydrogens (tertiary/aromatic N) is 1. The summed E-state index contributed by atoms with van der Waals surface area (Å²) in [5.74, 6) is 5.73. The molecule has 0 aromatic carbocycles. The van der Waals surface area contributed by atoms with Gasteiger partial charge in [0.25, 0.3) is 5.91 Å². The second kappa shape index (κ2) is 7.18. The zero-order chi connectivity index (χ0) is 16.2. The van der Waals surface area contributed by atoms with Crippen LogP contribution in [0, 0.1) is 17.8 Å². The molecule has 23 heavy (non-hydrogen) atoms. The van der Waals surface area contributed by atoms with Crippen LogP contribution < -0.4 is 5.32 Å². The number of fused-ring (bicyclic) bond motifs is 2. The lowest BCUT2D eigenvalue weighted by atomic mass is 9.97. The van der Waals surface area contributed by atoms with Gasteiger partial charge >= 0.3 is 0 Å². The Morgan fingerprint density at radius 2 is 1.96 bits per heavy atom. The third kappa shape index (κ3) is 3.76. The molecule has 3 heterocycles. The van der Waals surface area contributed by atoms with Crippen molar-refractivity contribution in [2.24, 2.45) is 5.92 Å². The van der Waals surface area contributed by atoms with Crippen LogP contribution in [-0.2, 0) is 14.3 Å². The number of carbonyl (C=O) groups is 2. The van der Waals surface area contributed by atoms with Crippen molar-refractivity contribution in [1.29, 1.82) is 0 Å². The summed E-state index contributed by atoms with van der Waals surface area (Å²) in [5, 5.41) is 3.02. The molecule has 1 N–H and O–H groups in total. The molecule has 3 aliphatic heterocycles. The summed E-state index contributed by atoms with van der Waals surface area (Å²) < 4.78 is 5.37. The predicted molar refractivity (Wildman–Crippen MR) is 86.3 cm³/mol. The minimum absolute atomic E-state index is 0.0133. The molecule has 124 valence electrons. The van der Waals surface area contributed by atoms with Gasteiger partial charge in [-0.2, -0.15) is 0 Å². The van der Waals surface area contributed by atoms with Crippen LogP contribution >= 0.6 is 0 Å². The van der Waals surface area contributed by atoms with Crippen molar-refractivity contribution in [2.45, 2.75) is 56.7 Å². The van der Waals surface area contributed by atoms with Crippen molar-refractivity contribution in [1.82, 2.24) is 10.2 Å². The number of carbonyl (C=O) groups excluding carboxylic acids is 2. The second-order valence-electron chi connectivity index (χ2n) is 6.66. The minimum atomic E-state index is -0.205. The second-order valence-corrected chi connectivity index (χ2v) is 6.66. The summed E-state index contributed by atoms with van der Waals surface area (Å²) in [7, 11) is 0. The molecule has 0 aliphatic carbocycles. The number of amides is 2. The fraction of sp³-hybridized carbons (Fsp3) is 0.667. The molecule has 0 saturated carbocycles. The standard InChI is InChI=1S/C18H24N2O3/c1-2-18(22)20-15-6-7-16(20)11-14(10-15)19-17(21)8-5-13-4-3-9-23-12-13/h2,13-16H,1,3-4,6-7,9-12H2,(H,19,21). The molecule has 3 aliphatic rings. The van der Waals surface area contributed by atoms with Gasteiger partial charge in [-0.25, -0.2) is 0 Å². The smallest absolute Gasteiger partial charge is 0.296 e. The largest absolute Gasteiger partial charge is 0.380 e. The molecule has 0 spiro atoms. The molecule has 3 fully saturated rings. The Morgan fingerprint density at radius 3 is 2.57 bits per heavy atom. The van der Waals surface area contributed by atoms with Gasteiger partial charge in [0, 0.05) is 30.7 Å². The Kier molecular flexibility index (Phi) is 5.02. The molecule has 3 rings (SSSR count). The number of nitrogens with one attached hydrogen (secondary N) is 1. The number of piperidine rings is 1. The lowest BCUT2D eigenvalue weighted by Gasteiger charge is -2.38. The van der Waals surface area contributed by atoms with Crippen LogP contribution in [0.4, 0.5) is 0 Å². The van der Waals surface area contributed by atoms with Gasteiger partial charge in [0.1, 0.15) is 0 Å². The molecular formula is C18H24N2O3. The topological polar surface area (TPSA) is 58.6 Å². The molecule has 0 aromatic rings. The van der Waals surface area contributed by atoms with Crippen LogP contribution in [-0.4, -0.2) is 48.1 Å². The predicted octanol–water partition coefficient (Wildman–Crippen LogP) is 1.24. The van der Waals surface area contributed by atoms with Crippen molar-refractivity contribution >= 4 is 11.8 Å². The summed E-state index contributed by atoms with van der Waals surface area (Å²) in [6.07, 6.45) is 7.07. The average molecular weight is 316 g/mol. The van der Waals surface area contributed by atoms with E-state index < -0.39 is 0 Å². The maximum atomic E-state index is 12.0. The van der Waals surface area contributed by atoms with Crippen molar-refractivity contribution in [3.8, 4) is 11.8 Å². The molecule has 5 nitrogen and oxygen atoms in total. The Labute approximate surface area is 137 Å². The van der Waals surface area contributed by atoms with E-state index in [1.165, 1.54) is 6.08 Å². The van der Waals surface area contributed by atoms with E-state index in [1.54, 1.807) is 0 Å². The maximum absolute atomic E-state index is 12.0. The van der Waals surface area contributed by atoms with Crippen LogP contribution in [0.2, 0.25) is 0 Å². The Balaban J connectivity index is 1.52. The van der Waals surface area contributed by atoms with Crippen LogP contribution in [0.1, 0.15) is 38.5 Å². The van der Waals surface area contributed by atoms with Gasteiger partial charge in [-0.1, -0.05) is 12.5 Å².